The Labute approximate surface area is 224 Å². The molecule has 40 heavy (non-hydrogen) atoms. The maximum atomic E-state index is 14.2. The van der Waals surface area contributed by atoms with E-state index in [0.717, 1.165) is 31.1 Å². The summed E-state index contributed by atoms with van der Waals surface area (Å²) in [6.07, 6.45) is -5.18. The number of nitro benzene ring substituents is 1. The van der Waals surface area contributed by atoms with E-state index in [9.17, 15) is 42.5 Å². The van der Waals surface area contributed by atoms with E-state index in [1.807, 2.05) is 0 Å². The number of ether oxygens (including phenoxy) is 2. The predicted octanol–water partition coefficient (Wildman–Crippen LogP) is 3.60. The molecular weight excluding hydrogens is 539 g/mol. The van der Waals surface area contributed by atoms with Crippen molar-refractivity contribution in [2.45, 2.75) is 19.0 Å². The van der Waals surface area contributed by atoms with Crippen LogP contribution in [-0.4, -0.2) is 65.7 Å². The average molecular weight is 559 g/mol. The Hall–Kier alpha value is -4.88. The third-order valence-electron chi connectivity index (χ3n) is 6.45. The van der Waals surface area contributed by atoms with Crippen LogP contribution in [0.15, 0.2) is 64.8 Å². The summed E-state index contributed by atoms with van der Waals surface area (Å²) < 4.78 is 52.3. The van der Waals surface area contributed by atoms with Crippen LogP contribution in [-0.2, 0) is 19.1 Å². The number of benzene rings is 2. The number of carbonyl (C=O) groups is 4. The first-order chi connectivity index (χ1) is 18.9. The van der Waals surface area contributed by atoms with Gasteiger partial charge in [-0.1, -0.05) is 24.3 Å². The van der Waals surface area contributed by atoms with Crippen LogP contribution in [0.3, 0.4) is 0 Å². The lowest BCUT2D eigenvalue weighted by atomic mass is 9.75. The Morgan fingerprint density at radius 1 is 1.07 bits per heavy atom. The van der Waals surface area contributed by atoms with E-state index in [0.29, 0.717) is 0 Å². The molecule has 11 nitrogen and oxygen atoms in total. The molecule has 2 unspecified atom stereocenters. The van der Waals surface area contributed by atoms with Crippen LogP contribution in [0, 0.1) is 16.0 Å². The number of aliphatic imine (C=N–C) groups is 1. The first kappa shape index (κ1) is 28.1. The van der Waals surface area contributed by atoms with Crippen molar-refractivity contribution in [3.8, 4) is 0 Å². The van der Waals surface area contributed by atoms with Gasteiger partial charge in [0, 0.05) is 23.8 Å². The number of non-ortho nitro benzene ring substituents is 1. The van der Waals surface area contributed by atoms with Crippen LogP contribution in [0.4, 0.5) is 18.9 Å². The number of fused-ring (bicyclic) bond motifs is 1. The largest absolute Gasteiger partial charge is 0.468 e. The molecular formula is C26H20F3N3O8. The van der Waals surface area contributed by atoms with Gasteiger partial charge in [-0.15, -0.1) is 0 Å². The van der Waals surface area contributed by atoms with E-state index < -0.39 is 76.8 Å². The Bertz CT molecular complexity index is 1460. The summed E-state index contributed by atoms with van der Waals surface area (Å²) in [7, 11) is 0.989. The number of halogens is 3. The van der Waals surface area contributed by atoms with E-state index in [1.165, 1.54) is 24.3 Å². The standard InChI is InChI=1S/C26H20F3N3O8/c1-13-18(24(35)39-2)19(14-6-5-7-15(12-14)32(37)38)20(21(30-13)26(27,28)29)25(36)40-11-10-31-22(33)16-8-3-4-9-17(16)23(31)34/h3-9,12,18-19H,10-11H2,1-2H3. The van der Waals surface area contributed by atoms with Gasteiger partial charge in [-0.2, -0.15) is 13.2 Å². The summed E-state index contributed by atoms with van der Waals surface area (Å²) in [4.78, 5) is 65.9. The van der Waals surface area contributed by atoms with Crippen molar-refractivity contribution in [2.24, 2.45) is 10.9 Å². The van der Waals surface area contributed by atoms with Crippen LogP contribution in [0.2, 0.25) is 0 Å². The van der Waals surface area contributed by atoms with Gasteiger partial charge >= 0.3 is 18.1 Å². The van der Waals surface area contributed by atoms with Gasteiger partial charge in [0.05, 0.1) is 35.3 Å². The van der Waals surface area contributed by atoms with Crippen LogP contribution in [0.1, 0.15) is 39.1 Å². The van der Waals surface area contributed by atoms with Gasteiger partial charge in [-0.3, -0.25) is 34.4 Å². The van der Waals surface area contributed by atoms with E-state index in [4.69, 9.17) is 9.47 Å². The lowest BCUT2D eigenvalue weighted by Gasteiger charge is -2.32. The topological polar surface area (TPSA) is 145 Å². The molecule has 0 spiro atoms. The highest BCUT2D eigenvalue weighted by Crippen LogP contribution is 2.45. The molecule has 2 aromatic carbocycles. The van der Waals surface area contributed by atoms with E-state index >= 15 is 0 Å². The smallest absolute Gasteiger partial charge is 0.433 e. The zero-order valence-corrected chi connectivity index (χ0v) is 20.9. The number of hydrogen-bond acceptors (Lipinski definition) is 9. The maximum Gasteiger partial charge on any atom is 0.433 e. The number of rotatable bonds is 7. The second-order valence-electron chi connectivity index (χ2n) is 8.79. The molecule has 0 N–H and O–H groups in total. The predicted molar refractivity (Wildman–Crippen MR) is 130 cm³/mol. The fourth-order valence-electron chi connectivity index (χ4n) is 4.68. The molecule has 0 fully saturated rings. The maximum absolute atomic E-state index is 14.2. The Kier molecular flexibility index (Phi) is 7.53. The number of nitrogens with zero attached hydrogens (tertiary/aromatic N) is 3. The minimum atomic E-state index is -5.18. The number of amides is 2. The Morgan fingerprint density at radius 2 is 1.70 bits per heavy atom. The van der Waals surface area contributed by atoms with Crippen molar-refractivity contribution < 1.29 is 46.7 Å². The molecule has 0 saturated carbocycles. The summed E-state index contributed by atoms with van der Waals surface area (Å²) in [6, 6.07) is 10.4. The molecule has 2 heterocycles. The molecule has 2 aliphatic heterocycles. The van der Waals surface area contributed by atoms with Crippen LogP contribution in [0.25, 0.3) is 0 Å². The molecule has 0 aromatic heterocycles. The van der Waals surface area contributed by atoms with Gasteiger partial charge in [0.15, 0.2) is 5.70 Å². The first-order valence-corrected chi connectivity index (χ1v) is 11.7. The number of nitro groups is 1. The fourth-order valence-corrected chi connectivity index (χ4v) is 4.68. The van der Waals surface area contributed by atoms with Crippen molar-refractivity contribution in [1.29, 1.82) is 0 Å². The molecule has 0 saturated heterocycles. The monoisotopic (exact) mass is 559 g/mol. The van der Waals surface area contributed by atoms with E-state index in [2.05, 4.69) is 4.99 Å². The zero-order chi connectivity index (χ0) is 29.4. The highest BCUT2D eigenvalue weighted by molar-refractivity contribution is 6.21. The molecule has 0 bridgehead atoms. The number of methoxy groups -OCH3 is 1. The van der Waals surface area contributed by atoms with Gasteiger partial charge in [0.1, 0.15) is 12.5 Å². The molecule has 4 rings (SSSR count). The van der Waals surface area contributed by atoms with Crippen molar-refractivity contribution in [3.05, 3.63) is 86.6 Å². The van der Waals surface area contributed by atoms with Crippen LogP contribution < -0.4 is 0 Å². The summed E-state index contributed by atoms with van der Waals surface area (Å²) in [5.41, 5.74) is -3.45. The third-order valence-corrected chi connectivity index (χ3v) is 6.45. The SMILES string of the molecule is COC(=O)C1C(C)=NC(C(F)(F)F)=C(C(=O)OCCN2C(=O)c3ccccc3C2=O)C1c1cccc([N+](=O)[O-])c1. The average Bonchev–Trinajstić information content (AvgIpc) is 3.16. The van der Waals surface area contributed by atoms with Gasteiger partial charge in [0.2, 0.25) is 0 Å². The normalized spacial score (nSPS) is 18.8. The minimum Gasteiger partial charge on any atom is -0.468 e. The highest BCUT2D eigenvalue weighted by atomic mass is 19.4. The number of alkyl halides is 3. The fraction of sp³-hybridized carbons (Fsp3) is 0.269. The second-order valence-corrected chi connectivity index (χ2v) is 8.79. The second kappa shape index (κ2) is 10.7. The zero-order valence-electron chi connectivity index (χ0n) is 20.9. The molecule has 0 aliphatic carbocycles. The molecule has 2 aromatic rings. The number of esters is 2. The lowest BCUT2D eigenvalue weighted by Crippen LogP contribution is -2.39. The number of carbonyl (C=O) groups excluding carboxylic acids is 4. The van der Waals surface area contributed by atoms with Crippen LogP contribution in [0.5, 0.6) is 0 Å². The van der Waals surface area contributed by atoms with Gasteiger partial charge in [0.25, 0.3) is 17.5 Å². The molecule has 2 aliphatic rings. The number of hydrogen-bond donors (Lipinski definition) is 0. The Morgan fingerprint density at radius 3 is 2.25 bits per heavy atom. The van der Waals surface area contributed by atoms with Crippen molar-refractivity contribution >= 4 is 35.2 Å². The summed E-state index contributed by atoms with van der Waals surface area (Å²) in [5.74, 6) is -7.15. The van der Waals surface area contributed by atoms with Gasteiger partial charge < -0.3 is 9.47 Å². The van der Waals surface area contributed by atoms with E-state index in [1.54, 1.807) is 12.1 Å². The van der Waals surface area contributed by atoms with E-state index in [-0.39, 0.29) is 22.4 Å². The summed E-state index contributed by atoms with van der Waals surface area (Å²) in [6.45, 7) is 0.00512. The van der Waals surface area contributed by atoms with Gasteiger partial charge in [-0.05, 0) is 24.6 Å². The lowest BCUT2D eigenvalue weighted by molar-refractivity contribution is -0.384. The summed E-state index contributed by atoms with van der Waals surface area (Å²) >= 11 is 0. The van der Waals surface area contributed by atoms with Crippen molar-refractivity contribution in [1.82, 2.24) is 4.90 Å². The van der Waals surface area contributed by atoms with Crippen LogP contribution >= 0.6 is 0 Å². The number of allylic oxidation sites excluding steroid dienone is 1. The summed E-state index contributed by atoms with van der Waals surface area (Å²) in [5, 5.41) is 11.4. The van der Waals surface area contributed by atoms with Crippen molar-refractivity contribution in [3.63, 3.8) is 0 Å². The van der Waals surface area contributed by atoms with Gasteiger partial charge in [-0.25, -0.2) is 4.79 Å². The molecule has 2 atom stereocenters. The van der Waals surface area contributed by atoms with Crippen molar-refractivity contribution in [2.75, 3.05) is 20.3 Å². The minimum absolute atomic E-state index is 0.129. The molecule has 0 radical (unpaired) electrons. The molecule has 14 heteroatoms. The highest BCUT2D eigenvalue weighted by Gasteiger charge is 2.50. The quantitative estimate of drug-likeness (QED) is 0.217. The molecule has 2 amide bonds. The Balaban J connectivity index is 1.71. The third kappa shape index (κ3) is 5.07. The first-order valence-electron chi connectivity index (χ1n) is 11.7. The number of imide groups is 1. The molecule has 208 valence electrons.